The summed E-state index contributed by atoms with van der Waals surface area (Å²) in [7, 11) is 0. The van der Waals surface area contributed by atoms with Crippen LogP contribution in [0, 0.1) is 0 Å². The normalized spacial score (nSPS) is 12.8. The van der Waals surface area contributed by atoms with Crippen LogP contribution in [0.4, 0.5) is 0 Å². The largest absolute Gasteiger partial charge is 0.352 e. The number of amides is 2. The van der Waals surface area contributed by atoms with Crippen LogP contribution in [0.5, 0.6) is 0 Å². The first-order valence-electron chi connectivity index (χ1n) is 11.4. The summed E-state index contributed by atoms with van der Waals surface area (Å²) in [6.07, 6.45) is 3.27. The summed E-state index contributed by atoms with van der Waals surface area (Å²) in [6, 6.07) is 13.0. The van der Waals surface area contributed by atoms with E-state index in [0.717, 1.165) is 24.0 Å². The van der Waals surface area contributed by atoms with Gasteiger partial charge in [0.1, 0.15) is 6.04 Å². The highest BCUT2D eigenvalue weighted by Gasteiger charge is 2.29. The van der Waals surface area contributed by atoms with E-state index in [1.165, 1.54) is 5.56 Å². The quantitative estimate of drug-likeness (QED) is 0.418. The molecule has 2 rings (SSSR count). The molecule has 2 aromatic rings. The van der Waals surface area contributed by atoms with Gasteiger partial charge >= 0.3 is 0 Å². The van der Waals surface area contributed by atoms with Crippen LogP contribution in [-0.2, 0) is 29.0 Å². The van der Waals surface area contributed by atoms with Gasteiger partial charge in [-0.2, -0.15) is 0 Å². The predicted octanol–water partition coefficient (Wildman–Crippen LogP) is 6.21. The number of hydrogen-bond donors (Lipinski definition) is 1. The van der Waals surface area contributed by atoms with Crippen molar-refractivity contribution in [1.82, 2.24) is 10.2 Å². The molecule has 32 heavy (non-hydrogen) atoms. The molecule has 0 spiro atoms. The first-order chi connectivity index (χ1) is 15.3. The van der Waals surface area contributed by atoms with E-state index in [9.17, 15) is 9.59 Å². The van der Waals surface area contributed by atoms with Gasteiger partial charge in [-0.05, 0) is 61.4 Å². The average Bonchev–Trinajstić information content (AvgIpc) is 2.78. The van der Waals surface area contributed by atoms with Gasteiger partial charge in [0.05, 0.1) is 0 Å². The minimum absolute atomic E-state index is 0.0460. The molecule has 2 atom stereocenters. The Kier molecular flexibility index (Phi) is 10.5. The van der Waals surface area contributed by atoms with Gasteiger partial charge in [-0.15, -0.1) is 0 Å². The minimum Gasteiger partial charge on any atom is -0.352 e. The van der Waals surface area contributed by atoms with E-state index >= 15 is 0 Å². The van der Waals surface area contributed by atoms with E-state index in [-0.39, 0.29) is 24.4 Å². The lowest BCUT2D eigenvalue weighted by atomic mass is 10.0. The molecule has 2 aromatic carbocycles. The third kappa shape index (κ3) is 7.53. The third-order valence-corrected chi connectivity index (χ3v) is 6.39. The van der Waals surface area contributed by atoms with Crippen molar-refractivity contribution in [2.45, 2.75) is 78.4 Å². The number of carbonyl (C=O) groups is 2. The van der Waals surface area contributed by atoms with E-state index in [2.05, 4.69) is 36.5 Å². The molecular weight excluding hydrogens is 443 g/mol. The molecule has 0 fully saturated rings. The highest BCUT2D eigenvalue weighted by molar-refractivity contribution is 6.35. The van der Waals surface area contributed by atoms with Gasteiger partial charge in [0.15, 0.2) is 0 Å². The monoisotopic (exact) mass is 476 g/mol. The Labute approximate surface area is 202 Å². The Balaban J connectivity index is 2.23. The first kappa shape index (κ1) is 26.2. The molecule has 0 aliphatic rings. The van der Waals surface area contributed by atoms with Gasteiger partial charge in [-0.25, -0.2) is 0 Å². The Morgan fingerprint density at radius 1 is 0.969 bits per heavy atom. The summed E-state index contributed by atoms with van der Waals surface area (Å²) in [5.74, 6) is -0.200. The molecule has 1 N–H and O–H groups in total. The van der Waals surface area contributed by atoms with Crippen LogP contribution in [0.2, 0.25) is 10.0 Å². The number of nitrogens with zero attached hydrogens (tertiary/aromatic N) is 1. The number of halogens is 2. The van der Waals surface area contributed by atoms with Crippen LogP contribution >= 0.6 is 23.2 Å². The Bertz CT molecular complexity index is 899. The van der Waals surface area contributed by atoms with Gasteiger partial charge in [0.25, 0.3) is 0 Å². The molecule has 2 amide bonds. The van der Waals surface area contributed by atoms with Crippen molar-refractivity contribution in [3.05, 3.63) is 69.2 Å². The Morgan fingerprint density at radius 3 is 2.19 bits per heavy atom. The van der Waals surface area contributed by atoms with Crippen molar-refractivity contribution in [2.24, 2.45) is 0 Å². The maximum Gasteiger partial charge on any atom is 0.243 e. The van der Waals surface area contributed by atoms with Crippen molar-refractivity contribution >= 4 is 35.0 Å². The Morgan fingerprint density at radius 2 is 1.62 bits per heavy atom. The summed E-state index contributed by atoms with van der Waals surface area (Å²) in [5.41, 5.74) is 3.15. The lowest BCUT2D eigenvalue weighted by molar-refractivity contribution is -0.141. The topological polar surface area (TPSA) is 49.4 Å². The number of hydrogen-bond acceptors (Lipinski definition) is 2. The summed E-state index contributed by atoms with van der Waals surface area (Å²) in [6.45, 7) is 8.29. The fourth-order valence-electron chi connectivity index (χ4n) is 3.53. The molecule has 0 unspecified atom stereocenters. The van der Waals surface area contributed by atoms with E-state index in [0.29, 0.717) is 29.3 Å². The van der Waals surface area contributed by atoms with Crippen LogP contribution in [0.15, 0.2) is 42.5 Å². The average molecular weight is 477 g/mol. The third-order valence-electron chi connectivity index (χ3n) is 5.80. The summed E-state index contributed by atoms with van der Waals surface area (Å²) in [4.78, 5) is 28.0. The van der Waals surface area contributed by atoms with Gasteiger partial charge < -0.3 is 10.2 Å². The van der Waals surface area contributed by atoms with Crippen molar-refractivity contribution in [1.29, 1.82) is 0 Å². The van der Waals surface area contributed by atoms with E-state index in [1.54, 1.807) is 17.0 Å². The van der Waals surface area contributed by atoms with Crippen LogP contribution in [0.1, 0.15) is 63.6 Å². The van der Waals surface area contributed by atoms with Crippen molar-refractivity contribution < 1.29 is 9.59 Å². The van der Waals surface area contributed by atoms with Gasteiger partial charge in [-0.3, -0.25) is 9.59 Å². The zero-order valence-corrected chi connectivity index (χ0v) is 21.0. The minimum atomic E-state index is -0.564. The molecule has 0 aromatic heterocycles. The molecule has 0 aliphatic heterocycles. The van der Waals surface area contributed by atoms with Gasteiger partial charge in [-0.1, -0.05) is 74.3 Å². The number of nitrogens with one attached hydrogen (secondary N) is 1. The maximum absolute atomic E-state index is 13.4. The summed E-state index contributed by atoms with van der Waals surface area (Å²) < 4.78 is 0. The van der Waals surface area contributed by atoms with Crippen molar-refractivity contribution in [3.63, 3.8) is 0 Å². The first-order valence-corrected chi connectivity index (χ1v) is 12.2. The summed E-state index contributed by atoms with van der Waals surface area (Å²) in [5, 5.41) is 4.05. The second kappa shape index (κ2) is 12.9. The number of benzene rings is 2. The van der Waals surface area contributed by atoms with Crippen LogP contribution in [0.25, 0.3) is 0 Å². The van der Waals surface area contributed by atoms with E-state index in [4.69, 9.17) is 23.2 Å². The zero-order valence-electron chi connectivity index (χ0n) is 19.5. The van der Waals surface area contributed by atoms with E-state index < -0.39 is 6.04 Å². The van der Waals surface area contributed by atoms with Crippen molar-refractivity contribution in [3.8, 4) is 0 Å². The molecule has 0 heterocycles. The Hall–Kier alpha value is -2.04. The van der Waals surface area contributed by atoms with Gasteiger partial charge in [0, 0.05) is 29.1 Å². The lowest BCUT2D eigenvalue weighted by Crippen LogP contribution is -2.50. The van der Waals surface area contributed by atoms with Crippen LogP contribution in [0.3, 0.4) is 0 Å². The molecule has 6 heteroatoms. The fraction of sp³-hybridized carbons (Fsp3) is 0.462. The molecule has 4 nitrogen and oxygen atoms in total. The predicted molar refractivity (Wildman–Crippen MR) is 133 cm³/mol. The van der Waals surface area contributed by atoms with E-state index in [1.807, 2.05) is 26.8 Å². The molecule has 0 saturated carbocycles. The standard InChI is InChI=1S/C26H34Cl2N2O2/c1-5-18(4)29-26(32)24(7-3)30(17-21-13-14-22(27)16-23(21)28)25(31)15-12-20-10-8-19(6-2)9-11-20/h8-11,13-14,16,18,24H,5-7,12,15,17H2,1-4H3,(H,29,32)/t18-,24+/m0/s1. The molecule has 0 radical (unpaired) electrons. The molecule has 174 valence electrons. The van der Waals surface area contributed by atoms with Crippen LogP contribution in [-0.4, -0.2) is 28.8 Å². The number of carbonyl (C=O) groups excluding carboxylic acids is 2. The molecule has 0 bridgehead atoms. The number of aryl methyl sites for hydroxylation is 2. The second-order valence-corrected chi connectivity index (χ2v) is 9.01. The van der Waals surface area contributed by atoms with Gasteiger partial charge in [0.2, 0.25) is 11.8 Å². The SMILES string of the molecule is CCc1ccc(CCC(=O)N(Cc2ccc(Cl)cc2Cl)[C@H](CC)C(=O)N[C@@H](C)CC)cc1. The maximum atomic E-state index is 13.4. The lowest BCUT2D eigenvalue weighted by Gasteiger charge is -2.32. The molecule has 0 saturated heterocycles. The summed E-state index contributed by atoms with van der Waals surface area (Å²) >= 11 is 12.4. The molecule has 0 aliphatic carbocycles. The van der Waals surface area contributed by atoms with Crippen molar-refractivity contribution in [2.75, 3.05) is 0 Å². The van der Waals surface area contributed by atoms with Crippen LogP contribution < -0.4 is 5.32 Å². The zero-order chi connectivity index (χ0) is 23.7. The number of rotatable bonds is 11. The molecular formula is C26H34Cl2N2O2. The smallest absolute Gasteiger partial charge is 0.243 e. The fourth-order valence-corrected chi connectivity index (χ4v) is 4.00. The highest BCUT2D eigenvalue weighted by atomic mass is 35.5. The second-order valence-electron chi connectivity index (χ2n) is 8.17. The highest BCUT2D eigenvalue weighted by Crippen LogP contribution is 2.24.